The summed E-state index contributed by atoms with van der Waals surface area (Å²) in [6.45, 7) is 3.46. The Morgan fingerprint density at radius 3 is 3.00 bits per heavy atom. The van der Waals surface area contributed by atoms with E-state index in [0.29, 0.717) is 19.7 Å². The fourth-order valence-corrected chi connectivity index (χ4v) is 1.63. The molecule has 1 fully saturated rings. The van der Waals surface area contributed by atoms with Crippen LogP contribution in [0.4, 0.5) is 4.39 Å². The van der Waals surface area contributed by atoms with Gasteiger partial charge >= 0.3 is 0 Å². The molecule has 3 nitrogen and oxygen atoms in total. The molecule has 4 heteroatoms. The van der Waals surface area contributed by atoms with Crippen LogP contribution in [0.2, 0.25) is 0 Å². The minimum atomic E-state index is -0.262. The van der Waals surface area contributed by atoms with Gasteiger partial charge in [-0.25, -0.2) is 4.39 Å². The molecule has 1 saturated heterocycles. The molecule has 0 aromatic rings. The minimum Gasteiger partial charge on any atom is -0.377 e. The van der Waals surface area contributed by atoms with Gasteiger partial charge in [-0.2, -0.15) is 0 Å². The summed E-state index contributed by atoms with van der Waals surface area (Å²) < 4.78 is 17.6. The van der Waals surface area contributed by atoms with Crippen LogP contribution in [0, 0.1) is 0 Å². The second-order valence-electron chi connectivity index (χ2n) is 3.39. The van der Waals surface area contributed by atoms with E-state index < -0.39 is 0 Å². The zero-order valence-corrected chi connectivity index (χ0v) is 8.04. The summed E-state index contributed by atoms with van der Waals surface area (Å²) in [4.78, 5) is 2.11. The first-order valence-electron chi connectivity index (χ1n) is 4.97. The van der Waals surface area contributed by atoms with Crippen LogP contribution >= 0.6 is 0 Å². The number of alkyl halides is 1. The molecule has 0 aromatic heterocycles. The Balaban J connectivity index is 2.22. The topological polar surface area (TPSA) is 38.5 Å². The minimum absolute atomic E-state index is 0.262. The lowest BCUT2D eigenvalue weighted by molar-refractivity contribution is 0.0579. The Hall–Kier alpha value is -0.190. The van der Waals surface area contributed by atoms with E-state index >= 15 is 0 Å². The first-order chi connectivity index (χ1) is 6.36. The number of hydrogen-bond donors (Lipinski definition) is 1. The summed E-state index contributed by atoms with van der Waals surface area (Å²) in [6, 6.07) is 0. The van der Waals surface area contributed by atoms with Crippen LogP contribution in [0.1, 0.15) is 12.8 Å². The van der Waals surface area contributed by atoms with Gasteiger partial charge in [0.05, 0.1) is 12.7 Å². The molecule has 78 valence electrons. The highest BCUT2D eigenvalue weighted by Gasteiger charge is 2.15. The lowest BCUT2D eigenvalue weighted by atomic mass is 10.2. The molecule has 0 radical (unpaired) electrons. The van der Waals surface area contributed by atoms with Crippen LogP contribution < -0.4 is 5.73 Å². The third kappa shape index (κ3) is 4.02. The van der Waals surface area contributed by atoms with Crippen molar-refractivity contribution < 1.29 is 9.13 Å². The zero-order chi connectivity index (χ0) is 9.52. The van der Waals surface area contributed by atoms with Crippen molar-refractivity contribution in [2.75, 3.05) is 39.5 Å². The fourth-order valence-electron chi connectivity index (χ4n) is 1.63. The summed E-state index contributed by atoms with van der Waals surface area (Å²) in [5.41, 5.74) is 5.45. The normalized spacial score (nSPS) is 25.8. The van der Waals surface area contributed by atoms with Crippen LogP contribution in [-0.4, -0.2) is 50.5 Å². The van der Waals surface area contributed by atoms with Crippen molar-refractivity contribution in [3.05, 3.63) is 0 Å². The SMILES string of the molecule is NCCC1CCN(CCF)CCO1. The summed E-state index contributed by atoms with van der Waals surface area (Å²) >= 11 is 0. The highest BCUT2D eigenvalue weighted by Crippen LogP contribution is 2.09. The van der Waals surface area contributed by atoms with E-state index in [2.05, 4.69) is 4.90 Å². The average Bonchev–Trinajstić information content (AvgIpc) is 2.33. The summed E-state index contributed by atoms with van der Waals surface area (Å²) in [7, 11) is 0. The lowest BCUT2D eigenvalue weighted by Crippen LogP contribution is -2.28. The second-order valence-corrected chi connectivity index (χ2v) is 3.39. The van der Waals surface area contributed by atoms with Crippen molar-refractivity contribution in [2.45, 2.75) is 18.9 Å². The Morgan fingerprint density at radius 2 is 2.31 bits per heavy atom. The van der Waals surface area contributed by atoms with Crippen LogP contribution in [0.15, 0.2) is 0 Å². The second kappa shape index (κ2) is 6.29. The monoisotopic (exact) mass is 190 g/mol. The van der Waals surface area contributed by atoms with Crippen LogP contribution in [0.25, 0.3) is 0 Å². The standard InChI is InChI=1S/C9H19FN2O/c10-3-6-12-5-2-9(1-4-11)13-8-7-12/h9H,1-8,11H2. The van der Waals surface area contributed by atoms with Crippen LogP contribution in [0.3, 0.4) is 0 Å². The molecule has 0 aromatic carbocycles. The van der Waals surface area contributed by atoms with Crippen molar-refractivity contribution in [1.82, 2.24) is 4.90 Å². The van der Waals surface area contributed by atoms with E-state index in [-0.39, 0.29) is 12.8 Å². The number of ether oxygens (including phenoxy) is 1. The Morgan fingerprint density at radius 1 is 1.46 bits per heavy atom. The molecule has 1 unspecified atom stereocenters. The van der Waals surface area contributed by atoms with E-state index in [1.165, 1.54) is 0 Å². The Labute approximate surface area is 79.0 Å². The lowest BCUT2D eigenvalue weighted by Gasteiger charge is -2.16. The van der Waals surface area contributed by atoms with Gasteiger partial charge in [-0.15, -0.1) is 0 Å². The van der Waals surface area contributed by atoms with Gasteiger partial charge in [0.25, 0.3) is 0 Å². The molecule has 1 atom stereocenters. The molecule has 1 heterocycles. The highest BCUT2D eigenvalue weighted by atomic mass is 19.1. The van der Waals surface area contributed by atoms with Crippen molar-refractivity contribution >= 4 is 0 Å². The maximum Gasteiger partial charge on any atom is 0.102 e. The molecule has 1 aliphatic rings. The molecule has 1 rings (SSSR count). The van der Waals surface area contributed by atoms with Crippen molar-refractivity contribution in [2.24, 2.45) is 5.73 Å². The zero-order valence-electron chi connectivity index (χ0n) is 8.04. The molecule has 2 N–H and O–H groups in total. The van der Waals surface area contributed by atoms with E-state index in [1.54, 1.807) is 0 Å². The van der Waals surface area contributed by atoms with Crippen LogP contribution in [-0.2, 0) is 4.74 Å². The highest BCUT2D eigenvalue weighted by molar-refractivity contribution is 4.68. The van der Waals surface area contributed by atoms with E-state index in [1.807, 2.05) is 0 Å². The van der Waals surface area contributed by atoms with Crippen LogP contribution in [0.5, 0.6) is 0 Å². The number of rotatable bonds is 4. The third-order valence-corrected chi connectivity index (χ3v) is 2.42. The fraction of sp³-hybridized carbons (Fsp3) is 1.00. The molecule has 0 aliphatic carbocycles. The quantitative estimate of drug-likeness (QED) is 0.697. The molecular weight excluding hydrogens is 171 g/mol. The van der Waals surface area contributed by atoms with Crippen molar-refractivity contribution in [3.8, 4) is 0 Å². The first kappa shape index (κ1) is 10.9. The van der Waals surface area contributed by atoms with Gasteiger partial charge in [-0.05, 0) is 19.4 Å². The maximum atomic E-state index is 12.1. The molecule has 0 amide bonds. The third-order valence-electron chi connectivity index (χ3n) is 2.42. The molecule has 1 aliphatic heterocycles. The predicted octanol–water partition coefficient (Wildman–Crippen LogP) is 0.396. The van der Waals surface area contributed by atoms with Gasteiger partial charge in [0.1, 0.15) is 6.67 Å². The van der Waals surface area contributed by atoms with Gasteiger partial charge in [0, 0.05) is 19.6 Å². The van der Waals surface area contributed by atoms with E-state index in [0.717, 1.165) is 25.9 Å². The first-order valence-corrected chi connectivity index (χ1v) is 4.97. The summed E-state index contributed by atoms with van der Waals surface area (Å²) in [6.07, 6.45) is 2.19. The smallest absolute Gasteiger partial charge is 0.102 e. The molecule has 0 bridgehead atoms. The molecule has 0 spiro atoms. The molecule has 13 heavy (non-hydrogen) atoms. The average molecular weight is 190 g/mol. The Bertz CT molecular complexity index is 121. The number of hydrogen-bond acceptors (Lipinski definition) is 3. The van der Waals surface area contributed by atoms with Gasteiger partial charge < -0.3 is 10.5 Å². The summed E-state index contributed by atoms with van der Waals surface area (Å²) in [5.74, 6) is 0. The summed E-state index contributed by atoms with van der Waals surface area (Å²) in [5, 5.41) is 0. The Kier molecular flexibility index (Phi) is 5.27. The van der Waals surface area contributed by atoms with Gasteiger partial charge in [-0.3, -0.25) is 4.90 Å². The number of halogens is 1. The van der Waals surface area contributed by atoms with Gasteiger partial charge in [-0.1, -0.05) is 0 Å². The van der Waals surface area contributed by atoms with Crippen molar-refractivity contribution in [1.29, 1.82) is 0 Å². The van der Waals surface area contributed by atoms with E-state index in [9.17, 15) is 4.39 Å². The van der Waals surface area contributed by atoms with E-state index in [4.69, 9.17) is 10.5 Å². The number of nitrogens with two attached hydrogens (primary N) is 1. The largest absolute Gasteiger partial charge is 0.377 e. The maximum absolute atomic E-state index is 12.1. The molecular formula is C9H19FN2O. The predicted molar refractivity (Wildman–Crippen MR) is 50.4 cm³/mol. The van der Waals surface area contributed by atoms with Gasteiger partial charge in [0.15, 0.2) is 0 Å². The van der Waals surface area contributed by atoms with Gasteiger partial charge in [0.2, 0.25) is 0 Å². The molecule has 0 saturated carbocycles. The number of nitrogens with zero attached hydrogens (tertiary/aromatic N) is 1. The van der Waals surface area contributed by atoms with Crippen molar-refractivity contribution in [3.63, 3.8) is 0 Å².